The van der Waals surface area contributed by atoms with Gasteiger partial charge in [0.1, 0.15) is 6.10 Å². The van der Waals surface area contributed by atoms with E-state index in [-0.39, 0.29) is 23.7 Å². The maximum atomic E-state index is 10.5. The standard InChI is InChI=1S/C15H24O2/c1-8(2)12-10-7-9(3)5-6-11(10)15(4)14(17-15)13(12)16/h9-14,16H,1,5-7H2,2-4H3/t9-,10+,11+,12-,13-,14-,15+/m0/s1. The summed E-state index contributed by atoms with van der Waals surface area (Å²) in [5.74, 6) is 2.25. The molecule has 0 radical (unpaired) electrons. The molecule has 0 aromatic heterocycles. The Kier molecular flexibility index (Phi) is 2.47. The first-order valence-electron chi connectivity index (χ1n) is 6.96. The number of aliphatic hydroxyl groups excluding tert-OH is 1. The van der Waals surface area contributed by atoms with E-state index in [0.29, 0.717) is 11.8 Å². The first-order valence-corrected chi connectivity index (χ1v) is 6.96. The van der Waals surface area contributed by atoms with Crippen molar-refractivity contribution in [3.63, 3.8) is 0 Å². The van der Waals surface area contributed by atoms with Crippen LogP contribution in [0.3, 0.4) is 0 Å². The van der Waals surface area contributed by atoms with Crippen LogP contribution in [0, 0.1) is 23.7 Å². The third-order valence-corrected chi connectivity index (χ3v) is 5.50. The molecule has 0 bridgehead atoms. The van der Waals surface area contributed by atoms with Gasteiger partial charge < -0.3 is 9.84 Å². The number of epoxide rings is 1. The Labute approximate surface area is 104 Å². The molecule has 7 atom stereocenters. The molecule has 1 N–H and O–H groups in total. The minimum Gasteiger partial charge on any atom is -0.390 e. The van der Waals surface area contributed by atoms with Crippen LogP contribution in [0.4, 0.5) is 0 Å². The molecular weight excluding hydrogens is 212 g/mol. The molecule has 0 amide bonds. The van der Waals surface area contributed by atoms with Crippen molar-refractivity contribution in [1.82, 2.24) is 0 Å². The zero-order valence-electron chi connectivity index (χ0n) is 11.1. The third kappa shape index (κ3) is 1.53. The largest absolute Gasteiger partial charge is 0.390 e. The Morgan fingerprint density at radius 2 is 2.12 bits per heavy atom. The summed E-state index contributed by atoms with van der Waals surface area (Å²) in [5.41, 5.74) is 1.11. The molecule has 2 aliphatic carbocycles. The van der Waals surface area contributed by atoms with Crippen LogP contribution in [0.15, 0.2) is 12.2 Å². The Bertz CT molecular complexity index is 351. The summed E-state index contributed by atoms with van der Waals surface area (Å²) in [4.78, 5) is 0. The summed E-state index contributed by atoms with van der Waals surface area (Å²) < 4.78 is 5.87. The van der Waals surface area contributed by atoms with Crippen molar-refractivity contribution in [2.45, 2.75) is 57.8 Å². The third-order valence-electron chi connectivity index (χ3n) is 5.50. The summed E-state index contributed by atoms with van der Waals surface area (Å²) in [6.45, 7) is 10.7. The molecule has 96 valence electrons. The van der Waals surface area contributed by atoms with Crippen LogP contribution in [0.1, 0.15) is 40.0 Å². The lowest BCUT2D eigenvalue weighted by Crippen LogP contribution is -2.50. The van der Waals surface area contributed by atoms with Gasteiger partial charge in [-0.25, -0.2) is 0 Å². The highest BCUT2D eigenvalue weighted by molar-refractivity contribution is 5.21. The van der Waals surface area contributed by atoms with Crippen LogP contribution >= 0.6 is 0 Å². The van der Waals surface area contributed by atoms with Crippen molar-refractivity contribution in [3.05, 3.63) is 12.2 Å². The molecule has 17 heavy (non-hydrogen) atoms. The van der Waals surface area contributed by atoms with Gasteiger partial charge in [0.25, 0.3) is 0 Å². The highest BCUT2D eigenvalue weighted by Crippen LogP contribution is 2.60. The molecule has 3 rings (SSSR count). The van der Waals surface area contributed by atoms with E-state index in [1.807, 2.05) is 0 Å². The monoisotopic (exact) mass is 236 g/mol. The quantitative estimate of drug-likeness (QED) is 0.561. The number of hydrogen-bond donors (Lipinski definition) is 1. The number of aliphatic hydroxyl groups is 1. The minimum absolute atomic E-state index is 0.0316. The fourth-order valence-corrected chi connectivity index (χ4v) is 4.58. The maximum Gasteiger partial charge on any atom is 0.114 e. The van der Waals surface area contributed by atoms with Crippen LogP contribution in [0.5, 0.6) is 0 Å². The van der Waals surface area contributed by atoms with Crippen molar-refractivity contribution < 1.29 is 9.84 Å². The number of rotatable bonds is 1. The minimum atomic E-state index is -0.330. The van der Waals surface area contributed by atoms with Crippen LogP contribution in [0.25, 0.3) is 0 Å². The summed E-state index contributed by atoms with van der Waals surface area (Å²) in [6.07, 6.45) is 3.54. The van der Waals surface area contributed by atoms with Gasteiger partial charge in [0, 0.05) is 5.92 Å². The Hall–Kier alpha value is -0.340. The van der Waals surface area contributed by atoms with Crippen LogP contribution in [-0.4, -0.2) is 22.9 Å². The van der Waals surface area contributed by atoms with E-state index < -0.39 is 0 Å². The van der Waals surface area contributed by atoms with Gasteiger partial charge in [-0.1, -0.05) is 25.5 Å². The van der Waals surface area contributed by atoms with Crippen molar-refractivity contribution in [1.29, 1.82) is 0 Å². The Balaban J connectivity index is 1.93. The fraction of sp³-hybridized carbons (Fsp3) is 0.867. The smallest absolute Gasteiger partial charge is 0.114 e. The average Bonchev–Trinajstić information content (AvgIpc) is 2.91. The molecule has 0 unspecified atom stereocenters. The molecule has 3 fully saturated rings. The molecule has 2 heteroatoms. The summed E-state index contributed by atoms with van der Waals surface area (Å²) in [6, 6.07) is 0. The molecule has 0 aromatic carbocycles. The second-order valence-electron chi connectivity index (χ2n) is 6.77. The highest BCUT2D eigenvalue weighted by Gasteiger charge is 2.68. The lowest BCUT2D eigenvalue weighted by atomic mass is 9.57. The summed E-state index contributed by atoms with van der Waals surface area (Å²) >= 11 is 0. The molecule has 2 nitrogen and oxygen atoms in total. The number of fused-ring (bicyclic) bond motifs is 3. The molecule has 3 aliphatic rings. The normalized spacial score (nSPS) is 56.9. The van der Waals surface area contributed by atoms with Gasteiger partial charge in [-0.15, -0.1) is 0 Å². The van der Waals surface area contributed by atoms with Crippen molar-refractivity contribution >= 4 is 0 Å². The average molecular weight is 236 g/mol. The van der Waals surface area contributed by atoms with E-state index in [2.05, 4.69) is 27.4 Å². The van der Waals surface area contributed by atoms with E-state index in [1.54, 1.807) is 0 Å². The van der Waals surface area contributed by atoms with Crippen molar-refractivity contribution in [2.24, 2.45) is 23.7 Å². The number of ether oxygens (including phenoxy) is 1. The lowest BCUT2D eigenvalue weighted by Gasteiger charge is -2.46. The van der Waals surface area contributed by atoms with Gasteiger partial charge >= 0.3 is 0 Å². The van der Waals surface area contributed by atoms with Gasteiger partial charge in [0.15, 0.2) is 0 Å². The summed E-state index contributed by atoms with van der Waals surface area (Å²) in [5, 5.41) is 10.5. The number of hydrogen-bond acceptors (Lipinski definition) is 2. The van der Waals surface area contributed by atoms with Gasteiger partial charge in [-0.2, -0.15) is 0 Å². The molecule has 1 aliphatic heterocycles. The van der Waals surface area contributed by atoms with Gasteiger partial charge in [-0.05, 0) is 44.4 Å². The second-order valence-corrected chi connectivity index (χ2v) is 6.77. The molecule has 2 saturated carbocycles. The van der Waals surface area contributed by atoms with E-state index in [4.69, 9.17) is 4.74 Å². The van der Waals surface area contributed by atoms with E-state index in [9.17, 15) is 5.11 Å². The van der Waals surface area contributed by atoms with Gasteiger partial charge in [0.2, 0.25) is 0 Å². The first-order chi connectivity index (χ1) is 7.95. The predicted octanol–water partition coefficient (Wildman–Crippen LogP) is 2.76. The summed E-state index contributed by atoms with van der Waals surface area (Å²) in [7, 11) is 0. The van der Waals surface area contributed by atoms with Crippen molar-refractivity contribution in [2.75, 3.05) is 0 Å². The molecule has 1 heterocycles. The molecule has 0 spiro atoms. The second kappa shape index (κ2) is 3.58. The topological polar surface area (TPSA) is 32.8 Å². The molecule has 1 saturated heterocycles. The van der Waals surface area contributed by atoms with E-state index >= 15 is 0 Å². The Morgan fingerprint density at radius 3 is 2.76 bits per heavy atom. The SMILES string of the molecule is C=C(C)[C@@H]1[C@H](O)[C@@H]2O[C@]2(C)[C@@H]2CC[C@H](C)C[C@@H]12. The lowest BCUT2D eigenvalue weighted by molar-refractivity contribution is -0.00380. The van der Waals surface area contributed by atoms with Crippen LogP contribution in [-0.2, 0) is 4.74 Å². The molecule has 0 aromatic rings. The fourth-order valence-electron chi connectivity index (χ4n) is 4.58. The van der Waals surface area contributed by atoms with Gasteiger partial charge in [0.05, 0.1) is 11.7 Å². The zero-order chi connectivity index (χ0) is 12.4. The molecular formula is C15H24O2. The predicted molar refractivity (Wildman–Crippen MR) is 67.6 cm³/mol. The Morgan fingerprint density at radius 1 is 1.41 bits per heavy atom. The highest BCUT2D eigenvalue weighted by atomic mass is 16.6. The van der Waals surface area contributed by atoms with Crippen molar-refractivity contribution in [3.8, 4) is 0 Å². The van der Waals surface area contributed by atoms with Crippen LogP contribution in [0.2, 0.25) is 0 Å². The maximum absolute atomic E-state index is 10.5. The van der Waals surface area contributed by atoms with Crippen LogP contribution < -0.4 is 0 Å². The van der Waals surface area contributed by atoms with E-state index in [1.165, 1.54) is 19.3 Å². The first kappa shape index (κ1) is 11.7. The zero-order valence-corrected chi connectivity index (χ0v) is 11.1. The van der Waals surface area contributed by atoms with Gasteiger partial charge in [-0.3, -0.25) is 0 Å². The van der Waals surface area contributed by atoms with E-state index in [0.717, 1.165) is 11.5 Å².